The van der Waals surface area contributed by atoms with Crippen LogP contribution in [0.3, 0.4) is 0 Å². The summed E-state index contributed by atoms with van der Waals surface area (Å²) in [5, 5.41) is 4.10. The lowest BCUT2D eigenvalue weighted by molar-refractivity contribution is 0.371. The SMILES string of the molecule is NC1CCCc2nc(CC3CCCCS3(=O)=O)nn21. The molecular formula is C12H20N4O2S. The minimum Gasteiger partial charge on any atom is -0.310 e. The first-order valence-corrected chi connectivity index (χ1v) is 8.69. The molecule has 2 aliphatic heterocycles. The van der Waals surface area contributed by atoms with Crippen molar-refractivity contribution < 1.29 is 8.42 Å². The van der Waals surface area contributed by atoms with Gasteiger partial charge in [-0.15, -0.1) is 0 Å². The fraction of sp³-hybridized carbons (Fsp3) is 0.833. The average molecular weight is 284 g/mol. The summed E-state index contributed by atoms with van der Waals surface area (Å²) in [7, 11) is -2.96. The number of fused-ring (bicyclic) bond motifs is 1. The lowest BCUT2D eigenvalue weighted by Gasteiger charge is -2.20. The highest BCUT2D eigenvalue weighted by molar-refractivity contribution is 7.92. The van der Waals surface area contributed by atoms with Gasteiger partial charge in [0, 0.05) is 12.8 Å². The molecule has 1 aromatic heterocycles. The van der Waals surface area contributed by atoms with E-state index in [2.05, 4.69) is 10.1 Å². The van der Waals surface area contributed by atoms with Gasteiger partial charge in [-0.2, -0.15) is 5.10 Å². The van der Waals surface area contributed by atoms with Gasteiger partial charge in [-0.05, 0) is 25.7 Å². The largest absolute Gasteiger partial charge is 0.310 e. The van der Waals surface area contributed by atoms with Crippen molar-refractivity contribution in [2.45, 2.75) is 56.4 Å². The number of nitrogens with two attached hydrogens (primary N) is 1. The second-order valence-corrected chi connectivity index (χ2v) is 7.94. The van der Waals surface area contributed by atoms with Crippen LogP contribution >= 0.6 is 0 Å². The van der Waals surface area contributed by atoms with Crippen molar-refractivity contribution in [3.8, 4) is 0 Å². The van der Waals surface area contributed by atoms with E-state index in [0.717, 1.165) is 44.3 Å². The van der Waals surface area contributed by atoms with Crippen LogP contribution in [-0.4, -0.2) is 34.2 Å². The standard InChI is InChI=1S/C12H20N4O2S/c13-10-5-3-6-12-14-11(15-16(10)12)8-9-4-1-2-7-19(9,17)18/h9-10H,1-8,13H2. The van der Waals surface area contributed by atoms with Crippen LogP contribution in [0.15, 0.2) is 0 Å². The first-order valence-electron chi connectivity index (χ1n) is 6.98. The van der Waals surface area contributed by atoms with Crippen LogP contribution < -0.4 is 5.73 Å². The normalized spacial score (nSPS) is 29.9. The van der Waals surface area contributed by atoms with Gasteiger partial charge in [0.05, 0.1) is 11.0 Å². The summed E-state index contributed by atoms with van der Waals surface area (Å²) in [4.78, 5) is 4.47. The fourth-order valence-corrected chi connectivity index (χ4v) is 4.84. The lowest BCUT2D eigenvalue weighted by atomic mass is 10.1. The second-order valence-electron chi connectivity index (χ2n) is 5.54. The molecule has 1 fully saturated rings. The first kappa shape index (κ1) is 13.1. The van der Waals surface area contributed by atoms with Gasteiger partial charge in [-0.25, -0.2) is 18.1 Å². The number of aromatic nitrogens is 3. The predicted octanol–water partition coefficient (Wildman–Crippen LogP) is 0.581. The van der Waals surface area contributed by atoms with Crippen LogP contribution in [0.4, 0.5) is 0 Å². The Bertz CT molecular complexity index is 566. The van der Waals surface area contributed by atoms with Crippen molar-refractivity contribution >= 4 is 9.84 Å². The van der Waals surface area contributed by atoms with E-state index in [1.54, 1.807) is 4.68 Å². The number of hydrogen-bond donors (Lipinski definition) is 1. The molecule has 106 valence electrons. The molecule has 0 bridgehead atoms. The van der Waals surface area contributed by atoms with E-state index in [9.17, 15) is 8.42 Å². The molecule has 19 heavy (non-hydrogen) atoms. The summed E-state index contributed by atoms with van der Waals surface area (Å²) in [6, 6.07) is 0. The Morgan fingerprint density at radius 2 is 2.11 bits per heavy atom. The Hall–Kier alpha value is -0.950. The number of hydrogen-bond acceptors (Lipinski definition) is 5. The average Bonchev–Trinajstić information content (AvgIpc) is 2.76. The topological polar surface area (TPSA) is 90.9 Å². The fourth-order valence-electron chi connectivity index (χ4n) is 2.97. The number of sulfone groups is 1. The molecular weight excluding hydrogens is 264 g/mol. The quantitative estimate of drug-likeness (QED) is 0.858. The molecule has 0 saturated carbocycles. The van der Waals surface area contributed by atoms with Gasteiger partial charge in [-0.3, -0.25) is 0 Å². The highest BCUT2D eigenvalue weighted by Gasteiger charge is 2.31. The summed E-state index contributed by atoms with van der Waals surface area (Å²) < 4.78 is 25.8. The molecule has 0 spiro atoms. The lowest BCUT2D eigenvalue weighted by Crippen LogP contribution is -2.30. The van der Waals surface area contributed by atoms with E-state index in [0.29, 0.717) is 18.0 Å². The molecule has 6 nitrogen and oxygen atoms in total. The van der Waals surface area contributed by atoms with Crippen LogP contribution in [0.2, 0.25) is 0 Å². The molecule has 7 heteroatoms. The Balaban J connectivity index is 1.80. The zero-order valence-electron chi connectivity index (χ0n) is 11.0. The predicted molar refractivity (Wildman–Crippen MR) is 71.3 cm³/mol. The van der Waals surface area contributed by atoms with Crippen LogP contribution in [0.25, 0.3) is 0 Å². The molecule has 2 aliphatic rings. The van der Waals surface area contributed by atoms with Crippen LogP contribution in [0, 0.1) is 0 Å². The van der Waals surface area contributed by atoms with Gasteiger partial charge in [0.2, 0.25) is 0 Å². The zero-order chi connectivity index (χ0) is 13.5. The highest BCUT2D eigenvalue weighted by Crippen LogP contribution is 2.24. The van der Waals surface area contributed by atoms with Crippen LogP contribution in [0.5, 0.6) is 0 Å². The first-order chi connectivity index (χ1) is 9.06. The molecule has 2 N–H and O–H groups in total. The summed E-state index contributed by atoms with van der Waals surface area (Å²) in [5.74, 6) is 1.86. The van der Waals surface area contributed by atoms with Gasteiger partial charge in [-0.1, -0.05) is 6.42 Å². The monoisotopic (exact) mass is 284 g/mol. The van der Waals surface area contributed by atoms with E-state index in [4.69, 9.17) is 5.73 Å². The minimum absolute atomic E-state index is 0.104. The molecule has 1 saturated heterocycles. The van der Waals surface area contributed by atoms with Crippen molar-refractivity contribution in [2.24, 2.45) is 5.73 Å². The molecule has 1 aromatic rings. The second kappa shape index (κ2) is 4.86. The summed E-state index contributed by atoms with van der Waals surface area (Å²) in [6.07, 6.45) is 5.67. The number of nitrogens with zero attached hydrogens (tertiary/aromatic N) is 3. The van der Waals surface area contributed by atoms with Crippen molar-refractivity contribution in [3.05, 3.63) is 11.6 Å². The van der Waals surface area contributed by atoms with E-state index in [1.165, 1.54) is 0 Å². The number of aryl methyl sites for hydroxylation is 1. The maximum atomic E-state index is 12.0. The highest BCUT2D eigenvalue weighted by atomic mass is 32.2. The Morgan fingerprint density at radius 3 is 2.84 bits per heavy atom. The maximum Gasteiger partial charge on any atom is 0.153 e. The molecule has 3 rings (SSSR count). The third-order valence-electron chi connectivity index (χ3n) is 4.08. The summed E-state index contributed by atoms with van der Waals surface area (Å²) in [6.45, 7) is 0. The molecule has 0 aromatic carbocycles. The summed E-state index contributed by atoms with van der Waals surface area (Å²) in [5.41, 5.74) is 5.99. The van der Waals surface area contributed by atoms with E-state index in [-0.39, 0.29) is 11.4 Å². The Kier molecular flexibility index (Phi) is 3.34. The van der Waals surface area contributed by atoms with Crippen LogP contribution in [0.1, 0.15) is 49.9 Å². The van der Waals surface area contributed by atoms with Crippen molar-refractivity contribution in [3.63, 3.8) is 0 Å². The van der Waals surface area contributed by atoms with E-state index < -0.39 is 9.84 Å². The minimum atomic E-state index is -2.96. The molecule has 2 atom stereocenters. The van der Waals surface area contributed by atoms with Gasteiger partial charge < -0.3 is 5.73 Å². The number of rotatable bonds is 2. The van der Waals surface area contributed by atoms with Crippen LogP contribution in [-0.2, 0) is 22.7 Å². The molecule has 2 unspecified atom stereocenters. The molecule has 0 amide bonds. The van der Waals surface area contributed by atoms with Gasteiger partial charge >= 0.3 is 0 Å². The van der Waals surface area contributed by atoms with Crippen molar-refractivity contribution in [2.75, 3.05) is 5.75 Å². The Labute approximate surface area is 113 Å². The third-order valence-corrected chi connectivity index (χ3v) is 6.36. The smallest absolute Gasteiger partial charge is 0.153 e. The molecule has 0 aliphatic carbocycles. The van der Waals surface area contributed by atoms with Crippen molar-refractivity contribution in [1.82, 2.24) is 14.8 Å². The molecule has 3 heterocycles. The maximum absolute atomic E-state index is 12.0. The third kappa shape index (κ3) is 2.53. The molecule has 0 radical (unpaired) electrons. The summed E-state index contributed by atoms with van der Waals surface area (Å²) >= 11 is 0. The van der Waals surface area contributed by atoms with Gasteiger partial charge in [0.15, 0.2) is 15.7 Å². The van der Waals surface area contributed by atoms with E-state index in [1.807, 2.05) is 0 Å². The zero-order valence-corrected chi connectivity index (χ0v) is 11.8. The van der Waals surface area contributed by atoms with Gasteiger partial charge in [0.1, 0.15) is 12.0 Å². The van der Waals surface area contributed by atoms with Gasteiger partial charge in [0.25, 0.3) is 0 Å². The van der Waals surface area contributed by atoms with E-state index >= 15 is 0 Å². The van der Waals surface area contributed by atoms with Crippen molar-refractivity contribution in [1.29, 1.82) is 0 Å². The Morgan fingerprint density at radius 1 is 1.26 bits per heavy atom.